The van der Waals surface area contributed by atoms with Crippen LogP contribution in [0.4, 0.5) is 0 Å². The Morgan fingerprint density at radius 1 is 1.22 bits per heavy atom. The number of aryl methyl sites for hydroxylation is 1. The first-order valence-electron chi connectivity index (χ1n) is 6.44. The second-order valence-corrected chi connectivity index (χ2v) is 5.64. The summed E-state index contributed by atoms with van der Waals surface area (Å²) in [6, 6.07) is 10.5. The molecule has 0 heterocycles. The van der Waals surface area contributed by atoms with Gasteiger partial charge in [-0.2, -0.15) is 0 Å². The Balaban J connectivity index is 2.08. The third-order valence-corrected chi connectivity index (χ3v) is 3.69. The van der Waals surface area contributed by atoms with E-state index in [1.807, 2.05) is 6.07 Å². The number of ether oxygens (including phenoxy) is 1. The second kappa shape index (κ2) is 7.49. The molecule has 0 aliphatic carbocycles. The third kappa shape index (κ3) is 5.61. The fourth-order valence-electron chi connectivity index (χ4n) is 1.58. The molecule has 0 unspecified atom stereocenters. The maximum atomic E-state index is 5.66. The lowest BCUT2D eigenvalue weighted by molar-refractivity contribution is 0.115. The molecule has 0 spiro atoms. The molecule has 0 atom stereocenters. The van der Waals surface area contributed by atoms with Crippen molar-refractivity contribution in [2.45, 2.75) is 33.1 Å². The Morgan fingerprint density at radius 3 is 2.50 bits per heavy atom. The standard InChI is InChI=1S/C15H23NOS/c1-15(2,14(16)18)10-12-17-11-6-9-13-7-4-3-5-8-13/h3-5,7-8H,6,9-12H2,1-2H3,(H2,16,18). The lowest BCUT2D eigenvalue weighted by Gasteiger charge is -2.22. The van der Waals surface area contributed by atoms with E-state index in [4.69, 9.17) is 22.7 Å². The minimum absolute atomic E-state index is 0.102. The molecule has 100 valence electrons. The maximum Gasteiger partial charge on any atom is 0.0785 e. The van der Waals surface area contributed by atoms with E-state index in [0.717, 1.165) is 32.5 Å². The zero-order valence-electron chi connectivity index (χ0n) is 11.3. The van der Waals surface area contributed by atoms with Crippen LogP contribution in [0.3, 0.4) is 0 Å². The summed E-state index contributed by atoms with van der Waals surface area (Å²) in [6.45, 7) is 5.63. The molecule has 0 fully saturated rings. The molecule has 2 N–H and O–H groups in total. The van der Waals surface area contributed by atoms with Gasteiger partial charge >= 0.3 is 0 Å². The fourth-order valence-corrected chi connectivity index (χ4v) is 1.68. The van der Waals surface area contributed by atoms with Gasteiger partial charge in [0.2, 0.25) is 0 Å². The molecule has 1 aromatic rings. The SMILES string of the molecule is CC(C)(CCOCCCc1ccccc1)C(N)=S. The number of thiocarbonyl (C=S) groups is 1. The fraction of sp³-hybridized carbons (Fsp3) is 0.533. The van der Waals surface area contributed by atoms with Gasteiger partial charge in [-0.05, 0) is 24.8 Å². The number of rotatable bonds is 8. The molecule has 0 bridgehead atoms. The van der Waals surface area contributed by atoms with E-state index in [0.29, 0.717) is 4.99 Å². The predicted octanol–water partition coefficient (Wildman–Crippen LogP) is 3.34. The molecule has 0 amide bonds. The van der Waals surface area contributed by atoms with Gasteiger partial charge in [-0.1, -0.05) is 56.4 Å². The summed E-state index contributed by atoms with van der Waals surface area (Å²) in [4.78, 5) is 0.565. The van der Waals surface area contributed by atoms with Crippen molar-refractivity contribution in [2.75, 3.05) is 13.2 Å². The monoisotopic (exact) mass is 265 g/mol. The summed E-state index contributed by atoms with van der Waals surface area (Å²) in [5.41, 5.74) is 6.93. The van der Waals surface area contributed by atoms with Crippen LogP contribution in [0.2, 0.25) is 0 Å². The first kappa shape index (κ1) is 15.1. The van der Waals surface area contributed by atoms with Crippen LogP contribution in [0.25, 0.3) is 0 Å². The smallest absolute Gasteiger partial charge is 0.0785 e. The van der Waals surface area contributed by atoms with Crippen molar-refractivity contribution in [3.05, 3.63) is 35.9 Å². The van der Waals surface area contributed by atoms with Gasteiger partial charge in [-0.3, -0.25) is 0 Å². The highest BCUT2D eigenvalue weighted by Gasteiger charge is 2.20. The minimum Gasteiger partial charge on any atom is -0.393 e. The first-order valence-corrected chi connectivity index (χ1v) is 6.85. The normalized spacial score (nSPS) is 11.4. The Labute approximate surface area is 116 Å². The number of benzene rings is 1. The number of nitrogens with two attached hydrogens (primary N) is 1. The maximum absolute atomic E-state index is 5.66. The summed E-state index contributed by atoms with van der Waals surface area (Å²) in [7, 11) is 0. The van der Waals surface area contributed by atoms with Gasteiger partial charge in [0.15, 0.2) is 0 Å². The molecule has 0 aromatic heterocycles. The Hall–Kier alpha value is -0.930. The van der Waals surface area contributed by atoms with Crippen molar-refractivity contribution in [3.63, 3.8) is 0 Å². The van der Waals surface area contributed by atoms with Gasteiger partial charge in [0.05, 0.1) is 4.99 Å². The molecular formula is C15H23NOS. The lowest BCUT2D eigenvalue weighted by atomic mass is 9.90. The van der Waals surface area contributed by atoms with Crippen molar-refractivity contribution >= 4 is 17.2 Å². The molecule has 1 aromatic carbocycles. The van der Waals surface area contributed by atoms with Crippen LogP contribution in [0.1, 0.15) is 32.3 Å². The van der Waals surface area contributed by atoms with Crippen molar-refractivity contribution < 1.29 is 4.74 Å². The molecule has 3 heteroatoms. The van der Waals surface area contributed by atoms with Crippen molar-refractivity contribution in [2.24, 2.45) is 11.1 Å². The van der Waals surface area contributed by atoms with Crippen LogP contribution in [0.15, 0.2) is 30.3 Å². The molecule has 0 aliphatic rings. The van der Waals surface area contributed by atoms with E-state index in [-0.39, 0.29) is 5.41 Å². The Morgan fingerprint density at radius 2 is 1.89 bits per heavy atom. The van der Waals surface area contributed by atoms with E-state index in [1.165, 1.54) is 5.56 Å². The van der Waals surface area contributed by atoms with Gasteiger partial charge < -0.3 is 10.5 Å². The zero-order valence-corrected chi connectivity index (χ0v) is 12.1. The molecule has 0 saturated carbocycles. The quantitative estimate of drug-likeness (QED) is 0.578. The van der Waals surface area contributed by atoms with Crippen molar-refractivity contribution in [1.29, 1.82) is 0 Å². The number of hydrogen-bond acceptors (Lipinski definition) is 2. The van der Waals surface area contributed by atoms with Crippen LogP contribution in [0, 0.1) is 5.41 Å². The van der Waals surface area contributed by atoms with Crippen LogP contribution in [-0.2, 0) is 11.2 Å². The zero-order chi connectivity index (χ0) is 13.4. The molecule has 0 radical (unpaired) electrons. The average Bonchev–Trinajstić information content (AvgIpc) is 2.34. The van der Waals surface area contributed by atoms with E-state index in [1.54, 1.807) is 0 Å². The Kier molecular flexibility index (Phi) is 6.30. The van der Waals surface area contributed by atoms with Crippen LogP contribution in [0.5, 0.6) is 0 Å². The molecule has 2 nitrogen and oxygen atoms in total. The number of hydrogen-bond donors (Lipinski definition) is 1. The van der Waals surface area contributed by atoms with Crippen LogP contribution >= 0.6 is 12.2 Å². The summed E-state index contributed by atoms with van der Waals surface area (Å²) >= 11 is 5.02. The van der Waals surface area contributed by atoms with E-state index in [9.17, 15) is 0 Å². The van der Waals surface area contributed by atoms with Gasteiger partial charge in [-0.15, -0.1) is 0 Å². The van der Waals surface area contributed by atoms with Crippen molar-refractivity contribution in [3.8, 4) is 0 Å². The molecule has 0 aliphatic heterocycles. The van der Waals surface area contributed by atoms with Gasteiger partial charge in [0.25, 0.3) is 0 Å². The molecule has 0 saturated heterocycles. The molecule has 18 heavy (non-hydrogen) atoms. The summed E-state index contributed by atoms with van der Waals surface area (Å²) in [6.07, 6.45) is 3.00. The lowest BCUT2D eigenvalue weighted by Crippen LogP contribution is -2.30. The highest BCUT2D eigenvalue weighted by atomic mass is 32.1. The van der Waals surface area contributed by atoms with Crippen molar-refractivity contribution in [1.82, 2.24) is 0 Å². The second-order valence-electron chi connectivity index (χ2n) is 5.20. The molecule has 1 rings (SSSR count). The first-order chi connectivity index (χ1) is 8.52. The highest BCUT2D eigenvalue weighted by molar-refractivity contribution is 7.80. The highest BCUT2D eigenvalue weighted by Crippen LogP contribution is 2.20. The van der Waals surface area contributed by atoms with Crippen LogP contribution in [-0.4, -0.2) is 18.2 Å². The minimum atomic E-state index is -0.102. The van der Waals surface area contributed by atoms with Crippen LogP contribution < -0.4 is 5.73 Å². The van der Waals surface area contributed by atoms with E-state index in [2.05, 4.69) is 38.1 Å². The molecular weight excluding hydrogens is 242 g/mol. The summed E-state index contributed by atoms with van der Waals surface area (Å²) < 4.78 is 5.63. The topological polar surface area (TPSA) is 35.2 Å². The van der Waals surface area contributed by atoms with E-state index >= 15 is 0 Å². The summed E-state index contributed by atoms with van der Waals surface area (Å²) in [5, 5.41) is 0. The van der Waals surface area contributed by atoms with Gasteiger partial charge in [-0.25, -0.2) is 0 Å². The largest absolute Gasteiger partial charge is 0.393 e. The Bertz CT molecular complexity index is 362. The van der Waals surface area contributed by atoms with E-state index < -0.39 is 0 Å². The predicted molar refractivity (Wildman–Crippen MR) is 80.8 cm³/mol. The third-order valence-electron chi connectivity index (χ3n) is 3.14. The average molecular weight is 265 g/mol. The van der Waals surface area contributed by atoms with Gasteiger partial charge in [0.1, 0.15) is 0 Å². The van der Waals surface area contributed by atoms with Gasteiger partial charge in [0, 0.05) is 18.6 Å². The summed E-state index contributed by atoms with van der Waals surface area (Å²) in [5.74, 6) is 0.